The fourth-order valence-electron chi connectivity index (χ4n) is 2.33. The zero-order chi connectivity index (χ0) is 13.0. The van der Waals surface area contributed by atoms with Gasteiger partial charge in [0.2, 0.25) is 0 Å². The highest BCUT2D eigenvalue weighted by atomic mass is 16.5. The molecule has 0 aliphatic carbocycles. The Morgan fingerprint density at radius 2 is 2.17 bits per heavy atom. The van der Waals surface area contributed by atoms with Gasteiger partial charge in [-0.05, 0) is 18.4 Å². The lowest BCUT2D eigenvalue weighted by Crippen LogP contribution is -2.44. The normalized spacial score (nSPS) is 21.7. The van der Waals surface area contributed by atoms with Crippen LogP contribution in [0.1, 0.15) is 24.5 Å². The maximum atomic E-state index is 12.4. The minimum absolute atomic E-state index is 0.0672. The number of hydrogen-bond donors (Lipinski definition) is 1. The average Bonchev–Trinajstić information content (AvgIpc) is 2.41. The van der Waals surface area contributed by atoms with Crippen molar-refractivity contribution in [3.63, 3.8) is 0 Å². The Hall–Kier alpha value is -1.39. The molecule has 1 aliphatic rings. The van der Waals surface area contributed by atoms with Crippen LogP contribution in [-0.2, 0) is 9.53 Å². The first-order chi connectivity index (χ1) is 8.72. The Kier molecular flexibility index (Phi) is 4.33. The van der Waals surface area contributed by atoms with Crippen LogP contribution in [0.25, 0.3) is 0 Å². The summed E-state index contributed by atoms with van der Waals surface area (Å²) in [5.41, 5.74) is 0.852. The van der Waals surface area contributed by atoms with Gasteiger partial charge in [0.25, 0.3) is 5.91 Å². The van der Waals surface area contributed by atoms with Crippen LogP contribution >= 0.6 is 0 Å². The summed E-state index contributed by atoms with van der Waals surface area (Å²) in [6.07, 6.45) is 0.637. The molecular formula is C14H19NO3. The van der Waals surface area contributed by atoms with Gasteiger partial charge in [0.15, 0.2) is 6.10 Å². The lowest BCUT2D eigenvalue weighted by molar-refractivity contribution is -0.145. The van der Waals surface area contributed by atoms with Crippen LogP contribution < -0.4 is 0 Å². The molecule has 1 aromatic carbocycles. The third-order valence-corrected chi connectivity index (χ3v) is 3.27. The summed E-state index contributed by atoms with van der Waals surface area (Å²) in [4.78, 5) is 14.1. The van der Waals surface area contributed by atoms with Crippen LogP contribution in [0.4, 0.5) is 0 Å². The zero-order valence-corrected chi connectivity index (χ0v) is 10.6. The molecule has 0 radical (unpaired) electrons. The first kappa shape index (κ1) is 13.1. The molecule has 1 amide bonds. The molecule has 0 spiro atoms. The van der Waals surface area contributed by atoms with Crippen molar-refractivity contribution in [1.29, 1.82) is 0 Å². The predicted molar refractivity (Wildman–Crippen MR) is 68.0 cm³/mol. The molecule has 0 aromatic heterocycles. The van der Waals surface area contributed by atoms with Crippen LogP contribution in [0.5, 0.6) is 0 Å². The minimum atomic E-state index is -0.573. The topological polar surface area (TPSA) is 49.8 Å². The van der Waals surface area contributed by atoms with Gasteiger partial charge in [-0.2, -0.15) is 0 Å². The number of ether oxygens (including phenoxy) is 1. The van der Waals surface area contributed by atoms with E-state index in [4.69, 9.17) is 4.74 Å². The van der Waals surface area contributed by atoms with E-state index in [0.29, 0.717) is 13.1 Å². The van der Waals surface area contributed by atoms with E-state index in [0.717, 1.165) is 18.4 Å². The second kappa shape index (κ2) is 5.98. The van der Waals surface area contributed by atoms with Crippen molar-refractivity contribution in [2.24, 2.45) is 0 Å². The number of rotatable bonds is 3. The maximum Gasteiger partial charge on any atom is 0.256 e. The molecule has 98 valence electrons. The van der Waals surface area contributed by atoms with E-state index < -0.39 is 12.2 Å². The summed E-state index contributed by atoms with van der Waals surface area (Å²) in [6, 6.07) is 9.45. The molecule has 1 saturated heterocycles. The van der Waals surface area contributed by atoms with E-state index in [2.05, 4.69) is 0 Å². The molecule has 2 unspecified atom stereocenters. The summed E-state index contributed by atoms with van der Waals surface area (Å²) in [7, 11) is 1.54. The van der Waals surface area contributed by atoms with Crippen molar-refractivity contribution in [2.75, 3.05) is 20.2 Å². The first-order valence-electron chi connectivity index (χ1n) is 6.27. The predicted octanol–water partition coefficient (Wildman–Crippen LogP) is 1.36. The van der Waals surface area contributed by atoms with Gasteiger partial charge in [-0.25, -0.2) is 0 Å². The van der Waals surface area contributed by atoms with Gasteiger partial charge < -0.3 is 14.7 Å². The van der Waals surface area contributed by atoms with E-state index in [1.165, 1.54) is 7.11 Å². The van der Waals surface area contributed by atoms with Crippen LogP contribution in [0.15, 0.2) is 30.3 Å². The summed E-state index contributed by atoms with van der Waals surface area (Å²) in [6.45, 7) is 1.11. The smallest absolute Gasteiger partial charge is 0.256 e. The van der Waals surface area contributed by atoms with Gasteiger partial charge in [-0.1, -0.05) is 30.3 Å². The molecule has 4 nitrogen and oxygen atoms in total. The molecular weight excluding hydrogens is 230 g/mol. The minimum Gasteiger partial charge on any atom is -0.391 e. The summed E-state index contributed by atoms with van der Waals surface area (Å²) in [5, 5.41) is 9.62. The summed E-state index contributed by atoms with van der Waals surface area (Å²) in [5.74, 6) is -0.0672. The summed E-state index contributed by atoms with van der Waals surface area (Å²) < 4.78 is 5.31. The number of carbonyl (C=O) groups excluding carboxylic acids is 1. The van der Waals surface area contributed by atoms with E-state index in [1.54, 1.807) is 4.90 Å². The van der Waals surface area contributed by atoms with Gasteiger partial charge in [-0.3, -0.25) is 4.79 Å². The molecule has 18 heavy (non-hydrogen) atoms. The van der Waals surface area contributed by atoms with E-state index in [-0.39, 0.29) is 5.91 Å². The Labute approximate surface area is 107 Å². The van der Waals surface area contributed by atoms with Gasteiger partial charge in [0.1, 0.15) is 0 Å². The molecule has 1 aliphatic heterocycles. The Morgan fingerprint density at radius 1 is 1.44 bits per heavy atom. The SMILES string of the molecule is COC(C(=O)N1CCCC(O)C1)c1ccccc1. The lowest BCUT2D eigenvalue weighted by Gasteiger charge is -2.32. The largest absolute Gasteiger partial charge is 0.391 e. The molecule has 0 saturated carbocycles. The third kappa shape index (κ3) is 2.89. The molecule has 1 heterocycles. The number of amides is 1. The second-order valence-electron chi connectivity index (χ2n) is 4.61. The molecule has 1 N–H and O–H groups in total. The Morgan fingerprint density at radius 3 is 2.78 bits per heavy atom. The van der Waals surface area contributed by atoms with Crippen molar-refractivity contribution in [1.82, 2.24) is 4.90 Å². The second-order valence-corrected chi connectivity index (χ2v) is 4.61. The van der Waals surface area contributed by atoms with Crippen molar-refractivity contribution in [2.45, 2.75) is 25.0 Å². The van der Waals surface area contributed by atoms with E-state index in [1.807, 2.05) is 30.3 Å². The number of piperidine rings is 1. The zero-order valence-electron chi connectivity index (χ0n) is 10.6. The van der Waals surface area contributed by atoms with Gasteiger partial charge >= 0.3 is 0 Å². The van der Waals surface area contributed by atoms with Crippen molar-refractivity contribution < 1.29 is 14.6 Å². The maximum absolute atomic E-state index is 12.4. The lowest BCUT2D eigenvalue weighted by atomic mass is 10.0. The van der Waals surface area contributed by atoms with Crippen LogP contribution in [0, 0.1) is 0 Å². The number of aliphatic hydroxyl groups excluding tert-OH is 1. The molecule has 1 aromatic rings. The molecule has 4 heteroatoms. The molecule has 2 atom stereocenters. The highest BCUT2D eigenvalue weighted by Crippen LogP contribution is 2.21. The number of β-amino-alcohol motifs (C(OH)–C–C–N with tert-alkyl or cyclic N) is 1. The Balaban J connectivity index is 2.10. The number of likely N-dealkylation sites (tertiary alicyclic amines) is 1. The monoisotopic (exact) mass is 249 g/mol. The number of methoxy groups -OCH3 is 1. The standard InChI is InChI=1S/C14H19NO3/c1-18-13(11-6-3-2-4-7-11)14(17)15-9-5-8-12(16)10-15/h2-4,6-7,12-13,16H,5,8-10H2,1H3. The van der Waals surface area contributed by atoms with Gasteiger partial charge in [0, 0.05) is 20.2 Å². The van der Waals surface area contributed by atoms with E-state index in [9.17, 15) is 9.90 Å². The van der Waals surface area contributed by atoms with E-state index >= 15 is 0 Å². The summed E-state index contributed by atoms with van der Waals surface area (Å²) >= 11 is 0. The fraction of sp³-hybridized carbons (Fsp3) is 0.500. The molecule has 2 rings (SSSR count). The van der Waals surface area contributed by atoms with Gasteiger partial charge in [-0.15, -0.1) is 0 Å². The number of benzene rings is 1. The highest BCUT2D eigenvalue weighted by Gasteiger charge is 2.29. The van der Waals surface area contributed by atoms with Crippen molar-refractivity contribution in [3.05, 3.63) is 35.9 Å². The average molecular weight is 249 g/mol. The number of nitrogens with zero attached hydrogens (tertiary/aromatic N) is 1. The van der Waals surface area contributed by atoms with Gasteiger partial charge in [0.05, 0.1) is 6.10 Å². The third-order valence-electron chi connectivity index (χ3n) is 3.27. The number of aliphatic hydroxyl groups is 1. The van der Waals surface area contributed by atoms with Crippen LogP contribution in [0.3, 0.4) is 0 Å². The van der Waals surface area contributed by atoms with Crippen molar-refractivity contribution in [3.8, 4) is 0 Å². The first-order valence-corrected chi connectivity index (χ1v) is 6.27. The highest BCUT2D eigenvalue weighted by molar-refractivity contribution is 5.82. The van der Waals surface area contributed by atoms with Crippen LogP contribution in [0.2, 0.25) is 0 Å². The number of carbonyl (C=O) groups is 1. The Bertz CT molecular complexity index is 393. The van der Waals surface area contributed by atoms with Crippen molar-refractivity contribution >= 4 is 5.91 Å². The molecule has 0 bridgehead atoms. The quantitative estimate of drug-likeness (QED) is 0.880. The van der Waals surface area contributed by atoms with Crippen LogP contribution in [-0.4, -0.2) is 42.2 Å². The molecule has 1 fully saturated rings. The fourth-order valence-corrected chi connectivity index (χ4v) is 2.33. The number of hydrogen-bond acceptors (Lipinski definition) is 3.